The van der Waals surface area contributed by atoms with Crippen LogP contribution in [0.5, 0.6) is 0 Å². The van der Waals surface area contributed by atoms with Crippen LogP contribution >= 0.6 is 0 Å². The molecule has 0 aromatic carbocycles. The number of Topliss-reactive ketones (excluding diaryl/α,β-unsaturated/α-hetero) is 1. The van der Waals surface area contributed by atoms with Gasteiger partial charge in [-0.2, -0.15) is 0 Å². The molecule has 15 heavy (non-hydrogen) atoms. The van der Waals surface area contributed by atoms with E-state index in [0.29, 0.717) is 11.7 Å². The first-order chi connectivity index (χ1) is 7.16. The Morgan fingerprint density at radius 1 is 1.53 bits per heavy atom. The maximum absolute atomic E-state index is 11.5. The first kappa shape index (κ1) is 9.96. The van der Waals surface area contributed by atoms with Crippen molar-refractivity contribution in [3.8, 4) is 0 Å². The Kier molecular flexibility index (Phi) is 2.58. The van der Waals surface area contributed by atoms with Crippen molar-refractivity contribution < 1.29 is 9.59 Å². The lowest BCUT2D eigenvalue weighted by Gasteiger charge is -2.07. The lowest BCUT2D eigenvalue weighted by atomic mass is 10.3. The first-order valence-electron chi connectivity index (χ1n) is 5.12. The molecule has 1 aliphatic carbocycles. The van der Waals surface area contributed by atoms with Gasteiger partial charge in [-0.25, -0.2) is 0 Å². The number of carbonyl (C=O) groups excluding carboxylic acids is 2. The van der Waals surface area contributed by atoms with Gasteiger partial charge < -0.3 is 9.88 Å². The van der Waals surface area contributed by atoms with E-state index in [1.807, 2.05) is 0 Å². The van der Waals surface area contributed by atoms with E-state index in [-0.39, 0.29) is 18.2 Å². The lowest BCUT2D eigenvalue weighted by molar-refractivity contribution is -0.121. The summed E-state index contributed by atoms with van der Waals surface area (Å²) in [4.78, 5) is 22.7. The van der Waals surface area contributed by atoms with Crippen LogP contribution in [0, 0.1) is 0 Å². The second-order valence-electron chi connectivity index (χ2n) is 3.92. The molecule has 0 aliphatic heterocycles. The molecule has 1 heterocycles. The molecule has 0 bridgehead atoms. The summed E-state index contributed by atoms with van der Waals surface area (Å²) < 4.78 is 1.68. The third kappa shape index (κ3) is 2.46. The predicted molar refractivity (Wildman–Crippen MR) is 55.6 cm³/mol. The standard InChI is InChI=1S/C11H14N2O2/c1-8(14)10-3-2-6-13(10)7-11(15)12-9-4-5-9/h2-3,6,9H,4-5,7H2,1H3,(H,12,15). The number of ketones is 1. The summed E-state index contributed by atoms with van der Waals surface area (Å²) >= 11 is 0. The number of hydrogen-bond donors (Lipinski definition) is 1. The highest BCUT2D eigenvalue weighted by Gasteiger charge is 2.23. The van der Waals surface area contributed by atoms with Gasteiger partial charge in [-0.1, -0.05) is 0 Å². The maximum Gasteiger partial charge on any atom is 0.240 e. The zero-order valence-corrected chi connectivity index (χ0v) is 8.69. The number of nitrogens with one attached hydrogen (secondary N) is 1. The van der Waals surface area contributed by atoms with Crippen LogP contribution in [-0.2, 0) is 11.3 Å². The minimum absolute atomic E-state index is 0.0146. The van der Waals surface area contributed by atoms with Crippen LogP contribution in [-0.4, -0.2) is 22.3 Å². The van der Waals surface area contributed by atoms with Crippen molar-refractivity contribution in [3.63, 3.8) is 0 Å². The Morgan fingerprint density at radius 3 is 2.87 bits per heavy atom. The molecule has 1 saturated carbocycles. The van der Waals surface area contributed by atoms with Crippen molar-refractivity contribution in [1.82, 2.24) is 9.88 Å². The zero-order valence-electron chi connectivity index (χ0n) is 8.69. The molecule has 0 radical (unpaired) electrons. The van der Waals surface area contributed by atoms with Crippen molar-refractivity contribution in [2.45, 2.75) is 32.4 Å². The molecule has 0 saturated heterocycles. The largest absolute Gasteiger partial charge is 0.352 e. The van der Waals surface area contributed by atoms with Gasteiger partial charge >= 0.3 is 0 Å². The van der Waals surface area contributed by atoms with E-state index in [4.69, 9.17) is 0 Å². The van der Waals surface area contributed by atoms with Gasteiger partial charge in [0.15, 0.2) is 5.78 Å². The molecule has 80 valence electrons. The van der Waals surface area contributed by atoms with Gasteiger partial charge in [-0.3, -0.25) is 9.59 Å². The third-order valence-corrected chi connectivity index (χ3v) is 2.45. The normalized spacial score (nSPS) is 15.0. The summed E-state index contributed by atoms with van der Waals surface area (Å²) in [6.07, 6.45) is 3.91. The van der Waals surface area contributed by atoms with Crippen LogP contribution < -0.4 is 5.32 Å². The Balaban J connectivity index is 1.99. The molecule has 2 rings (SSSR count). The number of amides is 1. The number of nitrogens with zero attached hydrogens (tertiary/aromatic N) is 1. The lowest BCUT2D eigenvalue weighted by Crippen LogP contribution is -2.29. The second-order valence-corrected chi connectivity index (χ2v) is 3.92. The van der Waals surface area contributed by atoms with Crippen LogP contribution in [0.2, 0.25) is 0 Å². The van der Waals surface area contributed by atoms with Crippen LogP contribution in [0.15, 0.2) is 18.3 Å². The molecule has 1 aromatic rings. The van der Waals surface area contributed by atoms with Crippen LogP contribution in [0.25, 0.3) is 0 Å². The average molecular weight is 206 g/mol. The predicted octanol–water partition coefficient (Wildman–Crippen LogP) is 0.969. The van der Waals surface area contributed by atoms with Gasteiger partial charge in [-0.05, 0) is 25.0 Å². The topological polar surface area (TPSA) is 51.1 Å². The molecule has 4 heteroatoms. The summed E-state index contributed by atoms with van der Waals surface area (Å²) in [5.41, 5.74) is 0.584. The summed E-state index contributed by atoms with van der Waals surface area (Å²) in [5, 5.41) is 2.89. The highest BCUT2D eigenvalue weighted by Crippen LogP contribution is 2.18. The average Bonchev–Trinajstić information content (AvgIpc) is 2.82. The highest BCUT2D eigenvalue weighted by atomic mass is 16.2. The van der Waals surface area contributed by atoms with Gasteiger partial charge in [0.1, 0.15) is 6.54 Å². The number of carbonyl (C=O) groups is 2. The van der Waals surface area contributed by atoms with E-state index < -0.39 is 0 Å². The zero-order chi connectivity index (χ0) is 10.8. The highest BCUT2D eigenvalue weighted by molar-refractivity contribution is 5.93. The maximum atomic E-state index is 11.5. The summed E-state index contributed by atoms with van der Waals surface area (Å²) in [6, 6.07) is 3.88. The quantitative estimate of drug-likeness (QED) is 0.746. The smallest absolute Gasteiger partial charge is 0.240 e. The SMILES string of the molecule is CC(=O)c1cccn1CC(=O)NC1CC1. The fraction of sp³-hybridized carbons (Fsp3) is 0.455. The molecule has 0 spiro atoms. The summed E-state index contributed by atoms with van der Waals surface area (Å²) in [6.45, 7) is 1.74. The molecule has 1 fully saturated rings. The summed E-state index contributed by atoms with van der Waals surface area (Å²) in [7, 11) is 0. The number of aromatic nitrogens is 1. The Hall–Kier alpha value is -1.58. The monoisotopic (exact) mass is 206 g/mol. The number of hydrogen-bond acceptors (Lipinski definition) is 2. The van der Waals surface area contributed by atoms with Crippen LogP contribution in [0.4, 0.5) is 0 Å². The molecular weight excluding hydrogens is 192 g/mol. The van der Waals surface area contributed by atoms with Crippen LogP contribution in [0.3, 0.4) is 0 Å². The van der Waals surface area contributed by atoms with Crippen molar-refractivity contribution in [2.75, 3.05) is 0 Å². The molecule has 1 aromatic heterocycles. The minimum Gasteiger partial charge on any atom is -0.352 e. The van der Waals surface area contributed by atoms with E-state index in [0.717, 1.165) is 12.8 Å². The van der Waals surface area contributed by atoms with E-state index in [2.05, 4.69) is 5.32 Å². The van der Waals surface area contributed by atoms with Crippen molar-refractivity contribution in [3.05, 3.63) is 24.0 Å². The van der Waals surface area contributed by atoms with Crippen molar-refractivity contribution >= 4 is 11.7 Å². The molecular formula is C11H14N2O2. The molecule has 0 atom stereocenters. The van der Waals surface area contributed by atoms with E-state index >= 15 is 0 Å². The minimum atomic E-state index is -0.0174. The Labute approximate surface area is 88.3 Å². The van der Waals surface area contributed by atoms with Gasteiger partial charge in [0.25, 0.3) is 0 Å². The fourth-order valence-corrected chi connectivity index (χ4v) is 1.53. The molecule has 1 amide bonds. The van der Waals surface area contributed by atoms with Gasteiger partial charge in [0, 0.05) is 19.2 Å². The molecule has 1 N–H and O–H groups in total. The first-order valence-corrected chi connectivity index (χ1v) is 5.12. The Morgan fingerprint density at radius 2 is 2.27 bits per heavy atom. The van der Waals surface area contributed by atoms with Crippen molar-refractivity contribution in [2.24, 2.45) is 0 Å². The molecule has 4 nitrogen and oxygen atoms in total. The molecule has 1 aliphatic rings. The van der Waals surface area contributed by atoms with E-state index in [9.17, 15) is 9.59 Å². The summed E-state index contributed by atoms with van der Waals surface area (Å²) in [5.74, 6) is -0.0320. The fourth-order valence-electron chi connectivity index (χ4n) is 1.53. The second kappa shape index (κ2) is 3.88. The van der Waals surface area contributed by atoms with E-state index in [1.54, 1.807) is 22.9 Å². The third-order valence-electron chi connectivity index (χ3n) is 2.45. The van der Waals surface area contributed by atoms with Gasteiger partial charge in [0.2, 0.25) is 5.91 Å². The van der Waals surface area contributed by atoms with Crippen LogP contribution in [0.1, 0.15) is 30.3 Å². The Bertz CT molecular complexity index is 391. The van der Waals surface area contributed by atoms with E-state index in [1.165, 1.54) is 6.92 Å². The number of rotatable bonds is 4. The van der Waals surface area contributed by atoms with Gasteiger partial charge in [0.05, 0.1) is 5.69 Å². The molecule has 0 unspecified atom stereocenters. The van der Waals surface area contributed by atoms with Crippen molar-refractivity contribution in [1.29, 1.82) is 0 Å². The van der Waals surface area contributed by atoms with Gasteiger partial charge in [-0.15, -0.1) is 0 Å².